The zero-order chi connectivity index (χ0) is 20.5. The van der Waals surface area contributed by atoms with E-state index in [9.17, 15) is 0 Å². The lowest BCUT2D eigenvalue weighted by molar-refractivity contribution is 0.547. The lowest BCUT2D eigenvalue weighted by Gasteiger charge is -2.02. The largest absolute Gasteiger partial charge is 0.0845 e. The third kappa shape index (κ3) is 20.5. The van der Waals surface area contributed by atoms with Gasteiger partial charge in [0.15, 0.2) is 0 Å². The van der Waals surface area contributed by atoms with E-state index in [1.54, 1.807) is 0 Å². The standard InChI is InChI=1S/C29H41/c1-2-4-6-8-10-12-14-16-18-20-22-24-26-28-29-27-25-23-21-19-17-15-13-11-9-7-5-3-1/h1-15H,16,18-29H2/b2-1-,5-3+,6-4+,9-7-,10-8+,13-11-,14-12+,17-15?. The lowest BCUT2D eigenvalue weighted by atomic mass is 10.0. The summed E-state index contributed by atoms with van der Waals surface area (Å²) in [5, 5.41) is 0. The minimum Gasteiger partial charge on any atom is -0.0845 e. The van der Waals surface area contributed by atoms with Crippen molar-refractivity contribution in [1.82, 2.24) is 0 Å². The van der Waals surface area contributed by atoms with Gasteiger partial charge in [-0.15, -0.1) is 0 Å². The molecule has 0 aromatic carbocycles. The van der Waals surface area contributed by atoms with Gasteiger partial charge in [-0.1, -0.05) is 149 Å². The van der Waals surface area contributed by atoms with Gasteiger partial charge in [0.2, 0.25) is 0 Å². The zero-order valence-electron chi connectivity index (χ0n) is 18.4. The Morgan fingerprint density at radius 2 is 0.724 bits per heavy atom. The van der Waals surface area contributed by atoms with Crippen LogP contribution in [0.4, 0.5) is 0 Å². The Hall–Kier alpha value is -2.08. The van der Waals surface area contributed by atoms with Crippen LogP contribution in [0.2, 0.25) is 0 Å². The summed E-state index contributed by atoms with van der Waals surface area (Å²) in [5.41, 5.74) is 0. The predicted octanol–water partition coefficient (Wildman–Crippen LogP) is 9.32. The fourth-order valence-corrected chi connectivity index (χ4v) is 3.17. The van der Waals surface area contributed by atoms with Gasteiger partial charge in [0.25, 0.3) is 0 Å². The van der Waals surface area contributed by atoms with Crippen molar-refractivity contribution in [3.8, 4) is 0 Å². The van der Waals surface area contributed by atoms with Crippen molar-refractivity contribution in [1.29, 1.82) is 0 Å². The minimum absolute atomic E-state index is 1.08. The Balaban J connectivity index is 2.34. The first-order chi connectivity index (χ1) is 14.5. The predicted molar refractivity (Wildman–Crippen MR) is 132 cm³/mol. The van der Waals surface area contributed by atoms with Gasteiger partial charge in [-0.3, -0.25) is 0 Å². The van der Waals surface area contributed by atoms with Gasteiger partial charge in [0.1, 0.15) is 0 Å². The smallest absolute Gasteiger partial charge is 0.0276 e. The molecule has 0 N–H and O–H groups in total. The fraction of sp³-hybridized carbons (Fsp3) is 0.448. The van der Waals surface area contributed by atoms with Crippen LogP contribution >= 0.6 is 0 Å². The van der Waals surface area contributed by atoms with Crippen LogP contribution in [0, 0.1) is 6.08 Å². The summed E-state index contributed by atoms with van der Waals surface area (Å²) in [4.78, 5) is 0. The summed E-state index contributed by atoms with van der Waals surface area (Å²) in [6.45, 7) is 0. The summed E-state index contributed by atoms with van der Waals surface area (Å²) in [5.74, 6) is 0. The zero-order valence-corrected chi connectivity index (χ0v) is 18.4. The fourth-order valence-electron chi connectivity index (χ4n) is 3.17. The van der Waals surface area contributed by atoms with Gasteiger partial charge in [-0.05, 0) is 31.8 Å². The van der Waals surface area contributed by atoms with E-state index in [2.05, 4.69) is 54.7 Å². The second-order valence-corrected chi connectivity index (χ2v) is 7.54. The highest BCUT2D eigenvalue weighted by molar-refractivity contribution is 5.21. The summed E-state index contributed by atoms with van der Waals surface area (Å²) in [6.07, 6.45) is 52.0. The molecule has 1 aliphatic rings. The van der Waals surface area contributed by atoms with E-state index in [4.69, 9.17) is 0 Å². The van der Waals surface area contributed by atoms with Crippen LogP contribution in [0.1, 0.15) is 83.5 Å². The van der Waals surface area contributed by atoms with Crippen molar-refractivity contribution in [3.63, 3.8) is 0 Å². The quantitative estimate of drug-likeness (QED) is 0.387. The molecule has 0 heteroatoms. The van der Waals surface area contributed by atoms with Gasteiger partial charge in [0.05, 0.1) is 0 Å². The molecule has 1 radical (unpaired) electrons. The molecule has 0 aromatic heterocycles. The molecule has 0 amide bonds. The highest BCUT2D eigenvalue weighted by atomic mass is 14.0. The summed E-state index contributed by atoms with van der Waals surface area (Å²) in [6, 6.07) is 0. The van der Waals surface area contributed by atoms with Gasteiger partial charge in [-0.25, -0.2) is 0 Å². The molecule has 0 aromatic rings. The number of rotatable bonds is 0. The molecule has 0 saturated carbocycles. The lowest BCUT2D eigenvalue weighted by Crippen LogP contribution is -1.82. The molecule has 0 bridgehead atoms. The van der Waals surface area contributed by atoms with Crippen molar-refractivity contribution in [2.24, 2.45) is 0 Å². The highest BCUT2D eigenvalue weighted by Gasteiger charge is 1.93. The molecule has 0 nitrogen and oxygen atoms in total. The maximum absolute atomic E-state index is 3.37. The van der Waals surface area contributed by atoms with Crippen LogP contribution in [-0.4, -0.2) is 0 Å². The normalized spacial score (nSPS) is 28.4. The molecule has 0 fully saturated rings. The van der Waals surface area contributed by atoms with Crippen LogP contribution in [0.25, 0.3) is 0 Å². The third-order valence-corrected chi connectivity index (χ3v) is 4.88. The van der Waals surface area contributed by atoms with Crippen molar-refractivity contribution in [2.75, 3.05) is 0 Å². The van der Waals surface area contributed by atoms with Crippen LogP contribution in [-0.2, 0) is 0 Å². The summed E-state index contributed by atoms with van der Waals surface area (Å²) in [7, 11) is 0. The topological polar surface area (TPSA) is 0 Å². The Kier molecular flexibility index (Phi) is 19.1. The van der Waals surface area contributed by atoms with E-state index in [1.807, 2.05) is 42.5 Å². The molecular formula is C29H41. The first kappa shape index (κ1) is 25.0. The summed E-state index contributed by atoms with van der Waals surface area (Å²) >= 11 is 0. The molecule has 0 unspecified atom stereocenters. The number of allylic oxidation sites excluding steroid dienone is 16. The molecule has 0 aliphatic heterocycles. The number of hydrogen-bond donors (Lipinski definition) is 0. The molecule has 0 spiro atoms. The van der Waals surface area contributed by atoms with Crippen LogP contribution < -0.4 is 0 Å². The van der Waals surface area contributed by atoms with E-state index < -0.39 is 0 Å². The van der Waals surface area contributed by atoms with E-state index >= 15 is 0 Å². The van der Waals surface area contributed by atoms with Gasteiger partial charge < -0.3 is 0 Å². The maximum Gasteiger partial charge on any atom is -0.0276 e. The highest BCUT2D eigenvalue weighted by Crippen LogP contribution is 2.12. The van der Waals surface area contributed by atoms with E-state index in [0.29, 0.717) is 0 Å². The Bertz CT molecular complexity index is 523. The average molecular weight is 390 g/mol. The molecule has 1 rings (SSSR count). The SMILES string of the molecule is [C]1=C/C=C\C=C/C=C/C=C\C=C\C=C\C=C\CCCCCCCCCCCCC/1. The first-order valence-corrected chi connectivity index (χ1v) is 11.7. The number of hydrogen-bond acceptors (Lipinski definition) is 0. The van der Waals surface area contributed by atoms with Crippen LogP contribution in [0.5, 0.6) is 0 Å². The molecule has 0 atom stereocenters. The molecule has 1 aliphatic carbocycles. The Morgan fingerprint density at radius 1 is 0.345 bits per heavy atom. The van der Waals surface area contributed by atoms with Gasteiger partial charge in [-0.2, -0.15) is 0 Å². The second kappa shape index (κ2) is 22.2. The average Bonchev–Trinajstić information content (AvgIpc) is 2.73. The third-order valence-electron chi connectivity index (χ3n) is 4.88. The van der Waals surface area contributed by atoms with Gasteiger partial charge in [0, 0.05) is 0 Å². The Morgan fingerprint density at radius 3 is 1.24 bits per heavy atom. The maximum atomic E-state index is 3.37. The molecule has 157 valence electrons. The van der Waals surface area contributed by atoms with E-state index in [-0.39, 0.29) is 0 Å². The molecular weight excluding hydrogens is 348 g/mol. The second-order valence-electron chi connectivity index (χ2n) is 7.54. The summed E-state index contributed by atoms with van der Waals surface area (Å²) < 4.78 is 0. The molecule has 0 saturated heterocycles. The van der Waals surface area contributed by atoms with E-state index in [1.165, 1.54) is 77.0 Å². The van der Waals surface area contributed by atoms with Crippen molar-refractivity contribution in [3.05, 3.63) is 97.2 Å². The van der Waals surface area contributed by atoms with Crippen LogP contribution in [0.3, 0.4) is 0 Å². The first-order valence-electron chi connectivity index (χ1n) is 11.7. The molecule has 29 heavy (non-hydrogen) atoms. The van der Waals surface area contributed by atoms with Gasteiger partial charge >= 0.3 is 0 Å². The van der Waals surface area contributed by atoms with Crippen molar-refractivity contribution in [2.45, 2.75) is 83.5 Å². The van der Waals surface area contributed by atoms with Crippen LogP contribution in [0.15, 0.2) is 91.1 Å². The van der Waals surface area contributed by atoms with Crippen molar-refractivity contribution >= 4 is 0 Å². The Labute approximate surface area is 180 Å². The monoisotopic (exact) mass is 389 g/mol. The van der Waals surface area contributed by atoms with E-state index in [0.717, 1.165) is 6.42 Å². The minimum atomic E-state index is 1.08. The van der Waals surface area contributed by atoms with Crippen molar-refractivity contribution < 1.29 is 0 Å². The molecule has 0 heterocycles.